The highest BCUT2D eigenvalue weighted by Gasteiger charge is 2.42. The molecule has 1 aromatic rings. The first kappa shape index (κ1) is 18.7. The van der Waals surface area contributed by atoms with Crippen molar-refractivity contribution in [2.75, 3.05) is 58.5 Å². The molecule has 27 heavy (non-hydrogen) atoms. The number of fused-ring (bicyclic) bond motifs is 1. The van der Waals surface area contributed by atoms with Gasteiger partial charge < -0.3 is 19.3 Å². The predicted molar refractivity (Wildman–Crippen MR) is 103 cm³/mol. The van der Waals surface area contributed by atoms with E-state index in [0.29, 0.717) is 6.04 Å². The quantitative estimate of drug-likeness (QED) is 0.783. The number of nitrogens with zero attached hydrogens (tertiary/aromatic N) is 4. The number of likely N-dealkylation sites (tertiary alicyclic amines) is 1. The zero-order valence-electron chi connectivity index (χ0n) is 16.3. The Hall–Kier alpha value is -1.70. The summed E-state index contributed by atoms with van der Waals surface area (Å²) in [5.41, 5.74) is 1.25. The van der Waals surface area contributed by atoms with Crippen LogP contribution in [-0.2, 0) is 20.8 Å². The molecule has 3 aliphatic rings. The van der Waals surface area contributed by atoms with Crippen LogP contribution in [0.15, 0.2) is 18.3 Å². The van der Waals surface area contributed by atoms with Gasteiger partial charge in [0.25, 0.3) is 0 Å². The van der Waals surface area contributed by atoms with Gasteiger partial charge >= 0.3 is 0 Å². The Kier molecular flexibility index (Phi) is 5.61. The Morgan fingerprint density at radius 1 is 1.30 bits per heavy atom. The molecule has 0 aromatic carbocycles. The highest BCUT2D eigenvalue weighted by Crippen LogP contribution is 2.33. The van der Waals surface area contributed by atoms with Crippen molar-refractivity contribution >= 4 is 11.7 Å². The van der Waals surface area contributed by atoms with Gasteiger partial charge in [0, 0.05) is 59.1 Å². The number of rotatable bonds is 4. The first-order valence-electron chi connectivity index (χ1n) is 9.96. The van der Waals surface area contributed by atoms with E-state index in [2.05, 4.69) is 26.9 Å². The molecule has 3 saturated heterocycles. The first-order chi connectivity index (χ1) is 13.1. The standard InChI is InChI=1S/C20H30N4O3/c1-22(2)20(25)16-12-18-17(4-8-27-18)24(14-16)13-15-3-5-21-19(11-15)23-6-9-26-10-7-23/h3,5,11,16-18H,4,6-10,12-14H2,1-2H3/t16-,17+,18+/m0/s1. The van der Waals surface area contributed by atoms with Crippen LogP contribution >= 0.6 is 0 Å². The smallest absolute Gasteiger partial charge is 0.226 e. The van der Waals surface area contributed by atoms with Crippen LogP contribution in [0.2, 0.25) is 0 Å². The maximum atomic E-state index is 12.6. The van der Waals surface area contributed by atoms with E-state index < -0.39 is 0 Å². The maximum absolute atomic E-state index is 12.6. The van der Waals surface area contributed by atoms with E-state index in [1.54, 1.807) is 4.90 Å². The van der Waals surface area contributed by atoms with Crippen molar-refractivity contribution in [3.63, 3.8) is 0 Å². The van der Waals surface area contributed by atoms with E-state index in [1.807, 2.05) is 20.3 Å². The summed E-state index contributed by atoms with van der Waals surface area (Å²) < 4.78 is 11.4. The molecular weight excluding hydrogens is 344 g/mol. The molecule has 0 unspecified atom stereocenters. The van der Waals surface area contributed by atoms with Crippen molar-refractivity contribution in [2.24, 2.45) is 5.92 Å². The topological polar surface area (TPSA) is 58.1 Å². The zero-order chi connectivity index (χ0) is 18.8. The number of piperidine rings is 1. The van der Waals surface area contributed by atoms with E-state index in [1.165, 1.54) is 5.56 Å². The van der Waals surface area contributed by atoms with Gasteiger partial charge in [0.2, 0.25) is 5.91 Å². The molecule has 0 radical (unpaired) electrons. The monoisotopic (exact) mass is 374 g/mol. The number of carbonyl (C=O) groups excluding carboxylic acids is 1. The van der Waals surface area contributed by atoms with E-state index in [9.17, 15) is 4.79 Å². The second kappa shape index (κ2) is 8.12. The lowest BCUT2D eigenvalue weighted by Crippen LogP contribution is -2.52. The van der Waals surface area contributed by atoms with E-state index in [0.717, 1.165) is 64.7 Å². The molecule has 3 atom stereocenters. The molecule has 7 heteroatoms. The van der Waals surface area contributed by atoms with Crippen LogP contribution in [0.25, 0.3) is 0 Å². The van der Waals surface area contributed by atoms with Gasteiger partial charge in [0.1, 0.15) is 5.82 Å². The van der Waals surface area contributed by atoms with Crippen molar-refractivity contribution in [3.8, 4) is 0 Å². The average molecular weight is 374 g/mol. The fraction of sp³-hybridized carbons (Fsp3) is 0.700. The lowest BCUT2D eigenvalue weighted by Gasteiger charge is -2.41. The fourth-order valence-electron chi connectivity index (χ4n) is 4.54. The van der Waals surface area contributed by atoms with Gasteiger partial charge in [0.15, 0.2) is 0 Å². The summed E-state index contributed by atoms with van der Waals surface area (Å²) >= 11 is 0. The molecule has 4 heterocycles. The highest BCUT2D eigenvalue weighted by atomic mass is 16.5. The highest BCUT2D eigenvalue weighted by molar-refractivity contribution is 5.78. The number of ether oxygens (including phenoxy) is 2. The van der Waals surface area contributed by atoms with Gasteiger partial charge in [0.05, 0.1) is 25.2 Å². The summed E-state index contributed by atoms with van der Waals surface area (Å²) in [6, 6.07) is 4.69. The molecule has 3 fully saturated rings. The molecular formula is C20H30N4O3. The third kappa shape index (κ3) is 4.10. The summed E-state index contributed by atoms with van der Waals surface area (Å²) in [4.78, 5) is 23.6. The van der Waals surface area contributed by atoms with Gasteiger partial charge in [-0.15, -0.1) is 0 Å². The normalized spacial score (nSPS) is 28.8. The Morgan fingerprint density at radius 3 is 2.89 bits per heavy atom. The SMILES string of the molecule is CN(C)C(=O)[C@H]1C[C@H]2OCC[C@H]2N(Cc2ccnc(N3CCOCC3)c2)C1. The summed E-state index contributed by atoms with van der Waals surface area (Å²) in [5.74, 6) is 1.24. The Morgan fingerprint density at radius 2 is 2.11 bits per heavy atom. The second-order valence-corrected chi connectivity index (χ2v) is 7.98. The fourth-order valence-corrected chi connectivity index (χ4v) is 4.54. The first-order valence-corrected chi connectivity index (χ1v) is 9.96. The van der Waals surface area contributed by atoms with Crippen LogP contribution in [0.1, 0.15) is 18.4 Å². The van der Waals surface area contributed by atoms with Crippen LogP contribution in [0.3, 0.4) is 0 Å². The van der Waals surface area contributed by atoms with Gasteiger partial charge in [-0.3, -0.25) is 9.69 Å². The summed E-state index contributed by atoms with van der Waals surface area (Å²) in [5, 5.41) is 0. The van der Waals surface area contributed by atoms with Gasteiger partial charge in [-0.05, 0) is 30.5 Å². The van der Waals surface area contributed by atoms with Crippen molar-refractivity contribution in [3.05, 3.63) is 23.9 Å². The number of pyridine rings is 1. The van der Waals surface area contributed by atoms with Crippen molar-refractivity contribution in [1.29, 1.82) is 0 Å². The molecule has 3 aliphatic heterocycles. The van der Waals surface area contributed by atoms with Gasteiger partial charge in [-0.2, -0.15) is 0 Å². The second-order valence-electron chi connectivity index (χ2n) is 7.98. The largest absolute Gasteiger partial charge is 0.378 e. The van der Waals surface area contributed by atoms with Crippen LogP contribution in [0.4, 0.5) is 5.82 Å². The minimum Gasteiger partial charge on any atom is -0.378 e. The summed E-state index contributed by atoms with van der Waals surface area (Å²) in [6.07, 6.45) is 3.96. The van der Waals surface area contributed by atoms with Gasteiger partial charge in [-0.25, -0.2) is 4.98 Å². The number of aromatic nitrogens is 1. The molecule has 4 rings (SSSR count). The number of carbonyl (C=O) groups is 1. The van der Waals surface area contributed by atoms with Crippen molar-refractivity contribution < 1.29 is 14.3 Å². The average Bonchev–Trinajstić information content (AvgIpc) is 3.17. The molecule has 148 valence electrons. The number of anilines is 1. The number of morpholine rings is 1. The van der Waals surface area contributed by atoms with E-state index in [-0.39, 0.29) is 17.9 Å². The molecule has 0 spiro atoms. The van der Waals surface area contributed by atoms with Crippen LogP contribution < -0.4 is 4.90 Å². The third-order valence-corrected chi connectivity index (χ3v) is 5.94. The maximum Gasteiger partial charge on any atom is 0.226 e. The number of hydrogen-bond acceptors (Lipinski definition) is 6. The Labute approximate surface area is 161 Å². The third-order valence-electron chi connectivity index (χ3n) is 5.94. The van der Waals surface area contributed by atoms with E-state index in [4.69, 9.17) is 9.47 Å². The van der Waals surface area contributed by atoms with Crippen LogP contribution in [-0.4, -0.2) is 86.4 Å². The minimum absolute atomic E-state index is 0.0138. The number of amides is 1. The van der Waals surface area contributed by atoms with Crippen LogP contribution in [0.5, 0.6) is 0 Å². The lowest BCUT2D eigenvalue weighted by atomic mass is 9.89. The lowest BCUT2D eigenvalue weighted by molar-refractivity contribution is -0.137. The Bertz CT molecular complexity index is 662. The predicted octanol–water partition coefficient (Wildman–Crippen LogP) is 0.986. The molecule has 7 nitrogen and oxygen atoms in total. The van der Waals surface area contributed by atoms with Crippen LogP contribution in [0, 0.1) is 5.92 Å². The molecule has 0 bridgehead atoms. The van der Waals surface area contributed by atoms with E-state index >= 15 is 0 Å². The van der Waals surface area contributed by atoms with Gasteiger partial charge in [-0.1, -0.05) is 0 Å². The molecule has 0 aliphatic carbocycles. The molecule has 1 aromatic heterocycles. The molecule has 1 amide bonds. The van der Waals surface area contributed by atoms with Crippen molar-refractivity contribution in [2.45, 2.75) is 31.5 Å². The summed E-state index contributed by atoms with van der Waals surface area (Å²) in [7, 11) is 3.68. The zero-order valence-corrected chi connectivity index (χ0v) is 16.3. The minimum atomic E-state index is 0.0138. The summed E-state index contributed by atoms with van der Waals surface area (Å²) in [6.45, 7) is 5.72. The molecule has 0 saturated carbocycles. The molecule has 0 N–H and O–H groups in total. The number of hydrogen-bond donors (Lipinski definition) is 0. The van der Waals surface area contributed by atoms with Crippen molar-refractivity contribution in [1.82, 2.24) is 14.8 Å². The Balaban J connectivity index is 1.49.